The number of hydrogen-bond acceptors (Lipinski definition) is 2. The van der Waals surface area contributed by atoms with Crippen LogP contribution < -0.4 is 5.73 Å². The van der Waals surface area contributed by atoms with Crippen molar-refractivity contribution in [3.05, 3.63) is 22.8 Å². The van der Waals surface area contributed by atoms with Crippen molar-refractivity contribution in [3.8, 4) is 0 Å². The summed E-state index contributed by atoms with van der Waals surface area (Å²) in [5.41, 5.74) is 6.00. The highest BCUT2D eigenvalue weighted by Gasteiger charge is 1.98. The Kier molecular flexibility index (Phi) is 2.35. The third kappa shape index (κ3) is 1.52. The third-order valence-corrected chi connectivity index (χ3v) is 1.66. The van der Waals surface area contributed by atoms with Crippen LogP contribution in [0.1, 0.15) is 5.69 Å². The fourth-order valence-electron chi connectivity index (χ4n) is 0.595. The molecule has 0 saturated carbocycles. The largest absolute Gasteiger partial charge is 0.384 e. The quantitative estimate of drug-likeness (QED) is 0.666. The lowest BCUT2D eigenvalue weighted by Crippen LogP contribution is -1.93. The van der Waals surface area contributed by atoms with E-state index >= 15 is 0 Å². The molecule has 1 rings (SSSR count). The molecule has 0 bridgehead atoms. The van der Waals surface area contributed by atoms with Crippen molar-refractivity contribution < 1.29 is 0 Å². The van der Waals surface area contributed by atoms with E-state index in [1.807, 2.05) is 0 Å². The molecule has 54 valence electrons. The molecule has 1 aromatic rings. The molecule has 10 heavy (non-hydrogen) atoms. The average molecular weight is 177 g/mol. The Morgan fingerprint density at radius 1 is 1.50 bits per heavy atom. The van der Waals surface area contributed by atoms with Gasteiger partial charge < -0.3 is 5.73 Å². The minimum atomic E-state index is 0.296. The van der Waals surface area contributed by atoms with Crippen molar-refractivity contribution in [3.63, 3.8) is 0 Å². The maximum absolute atomic E-state index is 5.69. The highest BCUT2D eigenvalue weighted by molar-refractivity contribution is 6.32. The van der Waals surface area contributed by atoms with E-state index in [9.17, 15) is 0 Å². The SMILES string of the molecule is Nc1ccc(Cl)c(CCl)n1. The van der Waals surface area contributed by atoms with E-state index in [0.717, 1.165) is 0 Å². The van der Waals surface area contributed by atoms with Gasteiger partial charge in [-0.2, -0.15) is 0 Å². The fraction of sp³-hybridized carbons (Fsp3) is 0.167. The van der Waals surface area contributed by atoms with E-state index in [1.165, 1.54) is 0 Å². The summed E-state index contributed by atoms with van der Waals surface area (Å²) in [6.45, 7) is 0. The lowest BCUT2D eigenvalue weighted by Gasteiger charge is -1.98. The van der Waals surface area contributed by atoms with Gasteiger partial charge in [0, 0.05) is 0 Å². The summed E-state index contributed by atoms with van der Waals surface area (Å²) in [4.78, 5) is 3.91. The lowest BCUT2D eigenvalue weighted by atomic mass is 10.4. The van der Waals surface area contributed by atoms with Gasteiger partial charge in [-0.1, -0.05) is 11.6 Å². The zero-order valence-electron chi connectivity index (χ0n) is 5.14. The summed E-state index contributed by atoms with van der Waals surface area (Å²) in [7, 11) is 0. The molecule has 0 aliphatic heterocycles. The Hall–Kier alpha value is -0.470. The summed E-state index contributed by atoms with van der Waals surface area (Å²) in [5.74, 6) is 0.740. The molecule has 0 atom stereocenters. The highest BCUT2D eigenvalue weighted by Crippen LogP contribution is 2.16. The van der Waals surface area contributed by atoms with Crippen molar-refractivity contribution in [2.24, 2.45) is 0 Å². The minimum Gasteiger partial charge on any atom is -0.384 e. The van der Waals surface area contributed by atoms with E-state index in [-0.39, 0.29) is 0 Å². The Morgan fingerprint density at radius 2 is 2.20 bits per heavy atom. The Bertz CT molecular complexity index is 237. The molecule has 0 radical (unpaired) electrons. The molecule has 2 N–H and O–H groups in total. The third-order valence-electron chi connectivity index (χ3n) is 1.07. The van der Waals surface area contributed by atoms with Crippen molar-refractivity contribution in [1.29, 1.82) is 0 Å². The molecule has 0 fully saturated rings. The molecule has 1 aromatic heterocycles. The molecule has 0 amide bonds. The van der Waals surface area contributed by atoms with Crippen LogP contribution in [0.5, 0.6) is 0 Å². The first kappa shape index (κ1) is 7.63. The minimum absolute atomic E-state index is 0.296. The molecular formula is C6H6Cl2N2. The molecule has 0 spiro atoms. The molecule has 0 unspecified atom stereocenters. The van der Waals surface area contributed by atoms with Crippen LogP contribution in [0.25, 0.3) is 0 Å². The predicted molar refractivity (Wildman–Crippen MR) is 43.2 cm³/mol. The number of alkyl halides is 1. The van der Waals surface area contributed by atoms with Crippen LogP contribution in [0.4, 0.5) is 5.82 Å². The van der Waals surface area contributed by atoms with Gasteiger partial charge in [0.05, 0.1) is 16.6 Å². The molecule has 0 aromatic carbocycles. The number of pyridine rings is 1. The van der Waals surface area contributed by atoms with Crippen molar-refractivity contribution in [1.82, 2.24) is 4.98 Å². The summed E-state index contributed by atoms with van der Waals surface area (Å²) < 4.78 is 0. The second-order valence-corrected chi connectivity index (χ2v) is 2.47. The highest BCUT2D eigenvalue weighted by atomic mass is 35.5. The Labute approximate surface area is 69.0 Å². The van der Waals surface area contributed by atoms with Crippen LogP contribution in [0.2, 0.25) is 5.02 Å². The van der Waals surface area contributed by atoms with Crippen LogP contribution in [0, 0.1) is 0 Å². The smallest absolute Gasteiger partial charge is 0.123 e. The zero-order valence-corrected chi connectivity index (χ0v) is 6.65. The summed E-state index contributed by atoms with van der Waals surface area (Å²) in [6, 6.07) is 3.32. The van der Waals surface area contributed by atoms with Crippen molar-refractivity contribution in [2.45, 2.75) is 5.88 Å². The van der Waals surface area contributed by atoms with Crippen LogP contribution in [0.3, 0.4) is 0 Å². The molecule has 2 nitrogen and oxygen atoms in total. The van der Waals surface area contributed by atoms with Gasteiger partial charge in [0.15, 0.2) is 0 Å². The molecule has 0 aliphatic carbocycles. The van der Waals surface area contributed by atoms with Crippen molar-refractivity contribution >= 4 is 29.0 Å². The first-order valence-electron chi connectivity index (χ1n) is 2.71. The average Bonchev–Trinajstić information content (AvgIpc) is 1.94. The second-order valence-electron chi connectivity index (χ2n) is 1.80. The van der Waals surface area contributed by atoms with Crippen LogP contribution in [-0.2, 0) is 5.88 Å². The van der Waals surface area contributed by atoms with E-state index in [4.69, 9.17) is 28.9 Å². The maximum Gasteiger partial charge on any atom is 0.123 e. The van der Waals surface area contributed by atoms with Crippen LogP contribution in [0.15, 0.2) is 12.1 Å². The number of aromatic nitrogens is 1. The van der Waals surface area contributed by atoms with Gasteiger partial charge in [-0.25, -0.2) is 4.98 Å². The second kappa shape index (κ2) is 3.08. The number of nitrogen functional groups attached to an aromatic ring is 1. The Balaban J connectivity index is 3.09. The number of rotatable bonds is 1. The van der Waals surface area contributed by atoms with Crippen LogP contribution >= 0.6 is 23.2 Å². The van der Waals surface area contributed by atoms with Crippen LogP contribution in [-0.4, -0.2) is 4.98 Å². The summed E-state index contributed by atoms with van der Waals surface area (Å²) in [6.07, 6.45) is 0. The van der Waals surface area contributed by atoms with E-state index in [1.54, 1.807) is 12.1 Å². The number of halogens is 2. The van der Waals surface area contributed by atoms with Crippen molar-refractivity contribution in [2.75, 3.05) is 5.73 Å². The fourth-order valence-corrected chi connectivity index (χ4v) is 1.04. The van der Waals surface area contributed by atoms with E-state index < -0.39 is 0 Å². The van der Waals surface area contributed by atoms with Gasteiger partial charge in [0.1, 0.15) is 5.82 Å². The molecule has 4 heteroatoms. The van der Waals surface area contributed by atoms with E-state index in [2.05, 4.69) is 4.98 Å². The summed E-state index contributed by atoms with van der Waals surface area (Å²) in [5, 5.41) is 0.559. The topological polar surface area (TPSA) is 38.9 Å². The number of nitrogens with zero attached hydrogens (tertiary/aromatic N) is 1. The van der Waals surface area contributed by atoms with Gasteiger partial charge in [-0.05, 0) is 12.1 Å². The van der Waals surface area contributed by atoms with Gasteiger partial charge in [0.25, 0.3) is 0 Å². The molecule has 0 aliphatic rings. The predicted octanol–water partition coefficient (Wildman–Crippen LogP) is 2.06. The van der Waals surface area contributed by atoms with E-state index in [0.29, 0.717) is 22.4 Å². The Morgan fingerprint density at radius 3 is 2.70 bits per heavy atom. The number of anilines is 1. The van der Waals surface area contributed by atoms with Gasteiger partial charge in [-0.3, -0.25) is 0 Å². The van der Waals surface area contributed by atoms with Gasteiger partial charge in [0.2, 0.25) is 0 Å². The molecule has 0 saturated heterocycles. The molecular weight excluding hydrogens is 171 g/mol. The standard InChI is InChI=1S/C6H6Cl2N2/c7-3-5-4(8)1-2-6(9)10-5/h1-2H,3H2,(H2,9,10). The first-order valence-corrected chi connectivity index (χ1v) is 3.62. The normalized spacial score (nSPS) is 9.80. The molecule has 1 heterocycles. The number of hydrogen-bond donors (Lipinski definition) is 1. The zero-order chi connectivity index (χ0) is 7.56. The lowest BCUT2D eigenvalue weighted by molar-refractivity contribution is 1.18. The monoisotopic (exact) mass is 176 g/mol. The number of nitrogens with two attached hydrogens (primary N) is 1. The van der Waals surface area contributed by atoms with Gasteiger partial charge >= 0.3 is 0 Å². The van der Waals surface area contributed by atoms with Gasteiger partial charge in [-0.15, -0.1) is 11.6 Å². The maximum atomic E-state index is 5.69. The summed E-state index contributed by atoms with van der Waals surface area (Å²) >= 11 is 11.2. The first-order chi connectivity index (χ1) is 4.74.